The lowest BCUT2D eigenvalue weighted by atomic mass is 10.1. The molecule has 1 amide bonds. The zero-order chi connectivity index (χ0) is 18.2. The molecular weight excluding hydrogens is 322 g/mol. The Labute approximate surface area is 156 Å². The van der Waals surface area contributed by atoms with Gasteiger partial charge in [-0.05, 0) is 54.7 Å². The van der Waals surface area contributed by atoms with Crippen LogP contribution in [-0.2, 0) is 17.9 Å². The summed E-state index contributed by atoms with van der Waals surface area (Å²) >= 11 is 0. The quantitative estimate of drug-likeness (QED) is 0.745. The Balaban J connectivity index is 1.43. The van der Waals surface area contributed by atoms with Crippen molar-refractivity contribution < 1.29 is 4.79 Å². The van der Waals surface area contributed by atoms with E-state index in [-0.39, 0.29) is 5.91 Å². The molecule has 26 heavy (non-hydrogen) atoms. The number of nitrogens with zero attached hydrogens (tertiary/aromatic N) is 1. The summed E-state index contributed by atoms with van der Waals surface area (Å²) in [7, 11) is 0. The van der Waals surface area contributed by atoms with Gasteiger partial charge in [0.2, 0.25) is 5.91 Å². The fourth-order valence-electron chi connectivity index (χ4n) is 3.31. The third-order valence-corrected chi connectivity index (χ3v) is 4.78. The second kappa shape index (κ2) is 9.39. The maximum atomic E-state index is 11.6. The van der Waals surface area contributed by atoms with Crippen LogP contribution in [0.25, 0.3) is 0 Å². The van der Waals surface area contributed by atoms with Crippen LogP contribution in [0.4, 0.5) is 11.4 Å². The Morgan fingerprint density at radius 1 is 0.923 bits per heavy atom. The Morgan fingerprint density at radius 3 is 2.08 bits per heavy atom. The van der Waals surface area contributed by atoms with E-state index in [1.54, 1.807) is 0 Å². The molecule has 0 aliphatic carbocycles. The molecule has 138 valence electrons. The van der Waals surface area contributed by atoms with Crippen LogP contribution in [0.15, 0.2) is 48.5 Å². The highest BCUT2D eigenvalue weighted by Gasteiger charge is 2.11. The third-order valence-electron chi connectivity index (χ3n) is 4.78. The summed E-state index contributed by atoms with van der Waals surface area (Å²) < 4.78 is 0. The van der Waals surface area contributed by atoms with Crippen molar-refractivity contribution in [2.75, 3.05) is 23.3 Å². The number of nitrogens with one attached hydrogen (secondary N) is 2. The molecule has 1 aliphatic heterocycles. The highest BCUT2D eigenvalue weighted by Crippen LogP contribution is 2.20. The number of carbonyl (C=O) groups excluding carboxylic acids is 1. The van der Waals surface area contributed by atoms with Crippen LogP contribution in [0.3, 0.4) is 0 Å². The van der Waals surface area contributed by atoms with Gasteiger partial charge in [0.05, 0.1) is 0 Å². The fourth-order valence-corrected chi connectivity index (χ4v) is 3.31. The maximum absolute atomic E-state index is 11.6. The predicted molar refractivity (Wildman–Crippen MR) is 108 cm³/mol. The summed E-state index contributed by atoms with van der Waals surface area (Å²) in [6, 6.07) is 17.0. The summed E-state index contributed by atoms with van der Waals surface area (Å²) in [5.74, 6) is 0.0794. The van der Waals surface area contributed by atoms with E-state index in [9.17, 15) is 4.79 Å². The summed E-state index contributed by atoms with van der Waals surface area (Å²) in [6.07, 6.45) is 4.06. The van der Waals surface area contributed by atoms with Gasteiger partial charge in [-0.25, -0.2) is 0 Å². The first-order chi connectivity index (χ1) is 12.7. The molecule has 0 spiro atoms. The minimum atomic E-state index is 0.0794. The SMILES string of the molecule is CCCC(=O)Nc1ccc(CNCc2ccc(N3CCCC3)cc2)cc1. The third kappa shape index (κ3) is 5.33. The summed E-state index contributed by atoms with van der Waals surface area (Å²) in [4.78, 5) is 14.1. The van der Waals surface area contributed by atoms with Gasteiger partial charge in [-0.3, -0.25) is 4.79 Å². The topological polar surface area (TPSA) is 44.4 Å². The molecule has 0 unspecified atom stereocenters. The normalized spacial score (nSPS) is 13.8. The van der Waals surface area contributed by atoms with Crippen LogP contribution in [0.1, 0.15) is 43.7 Å². The van der Waals surface area contributed by atoms with E-state index in [1.165, 1.54) is 42.7 Å². The van der Waals surface area contributed by atoms with Crippen molar-refractivity contribution in [3.8, 4) is 0 Å². The van der Waals surface area contributed by atoms with E-state index in [2.05, 4.69) is 51.9 Å². The maximum Gasteiger partial charge on any atom is 0.224 e. The van der Waals surface area contributed by atoms with Crippen molar-refractivity contribution in [3.63, 3.8) is 0 Å². The first kappa shape index (κ1) is 18.5. The predicted octanol–water partition coefficient (Wildman–Crippen LogP) is 4.32. The molecule has 1 aliphatic rings. The van der Waals surface area contributed by atoms with E-state index < -0.39 is 0 Å². The van der Waals surface area contributed by atoms with Gasteiger partial charge in [-0.1, -0.05) is 31.2 Å². The van der Waals surface area contributed by atoms with Crippen LogP contribution < -0.4 is 15.5 Å². The molecule has 1 heterocycles. The zero-order valence-electron chi connectivity index (χ0n) is 15.6. The van der Waals surface area contributed by atoms with Crippen molar-refractivity contribution in [1.82, 2.24) is 5.32 Å². The van der Waals surface area contributed by atoms with Crippen molar-refractivity contribution in [1.29, 1.82) is 0 Å². The number of hydrogen-bond acceptors (Lipinski definition) is 3. The lowest BCUT2D eigenvalue weighted by Gasteiger charge is -2.17. The number of carbonyl (C=O) groups is 1. The standard InChI is InChI=1S/C22H29N3O/c1-2-5-22(26)24-20-10-6-18(7-11-20)16-23-17-19-8-12-21(13-9-19)25-14-3-4-15-25/h6-13,23H,2-5,14-17H2,1H3,(H,24,26). The molecule has 2 aromatic carbocycles. The van der Waals surface area contributed by atoms with Crippen molar-refractivity contribution in [2.24, 2.45) is 0 Å². The number of hydrogen-bond donors (Lipinski definition) is 2. The summed E-state index contributed by atoms with van der Waals surface area (Å²) in [6.45, 7) is 6.06. The van der Waals surface area contributed by atoms with E-state index >= 15 is 0 Å². The van der Waals surface area contributed by atoms with E-state index in [0.29, 0.717) is 6.42 Å². The zero-order valence-corrected chi connectivity index (χ0v) is 15.6. The van der Waals surface area contributed by atoms with E-state index in [1.807, 2.05) is 19.1 Å². The second-order valence-electron chi connectivity index (χ2n) is 6.96. The van der Waals surface area contributed by atoms with Crippen molar-refractivity contribution in [3.05, 3.63) is 59.7 Å². The van der Waals surface area contributed by atoms with Gasteiger partial charge in [-0.2, -0.15) is 0 Å². The first-order valence-electron chi connectivity index (χ1n) is 9.68. The molecule has 4 heteroatoms. The molecule has 1 saturated heterocycles. The van der Waals surface area contributed by atoms with Crippen LogP contribution in [0.5, 0.6) is 0 Å². The number of anilines is 2. The van der Waals surface area contributed by atoms with Crippen LogP contribution in [0, 0.1) is 0 Å². The molecule has 0 aromatic heterocycles. The summed E-state index contributed by atoms with van der Waals surface area (Å²) in [5.41, 5.74) is 4.72. The van der Waals surface area contributed by atoms with Gasteiger partial charge in [0.25, 0.3) is 0 Å². The first-order valence-corrected chi connectivity index (χ1v) is 9.68. The Bertz CT molecular complexity index is 688. The number of amides is 1. The molecule has 2 aromatic rings. The molecule has 0 bridgehead atoms. The Hall–Kier alpha value is -2.33. The van der Waals surface area contributed by atoms with E-state index in [4.69, 9.17) is 0 Å². The lowest BCUT2D eigenvalue weighted by molar-refractivity contribution is -0.116. The smallest absolute Gasteiger partial charge is 0.224 e. The minimum Gasteiger partial charge on any atom is -0.372 e. The number of rotatable bonds is 8. The molecule has 3 rings (SSSR count). The monoisotopic (exact) mass is 351 g/mol. The van der Waals surface area contributed by atoms with Crippen LogP contribution in [0.2, 0.25) is 0 Å². The van der Waals surface area contributed by atoms with Gasteiger partial charge < -0.3 is 15.5 Å². The Kier molecular flexibility index (Phi) is 6.67. The highest BCUT2D eigenvalue weighted by atomic mass is 16.1. The molecule has 0 atom stereocenters. The van der Waals surface area contributed by atoms with Crippen LogP contribution in [-0.4, -0.2) is 19.0 Å². The molecule has 0 saturated carbocycles. The van der Waals surface area contributed by atoms with Crippen molar-refractivity contribution >= 4 is 17.3 Å². The number of benzene rings is 2. The van der Waals surface area contributed by atoms with Crippen LogP contribution >= 0.6 is 0 Å². The molecule has 0 radical (unpaired) electrons. The van der Waals surface area contributed by atoms with Gasteiger partial charge in [0.15, 0.2) is 0 Å². The second-order valence-corrected chi connectivity index (χ2v) is 6.96. The molecule has 1 fully saturated rings. The average molecular weight is 351 g/mol. The van der Waals surface area contributed by atoms with Gasteiger partial charge in [0, 0.05) is 44.0 Å². The van der Waals surface area contributed by atoms with E-state index in [0.717, 1.165) is 25.2 Å². The fraction of sp³-hybridized carbons (Fsp3) is 0.409. The largest absolute Gasteiger partial charge is 0.372 e. The Morgan fingerprint density at radius 2 is 1.50 bits per heavy atom. The summed E-state index contributed by atoms with van der Waals surface area (Å²) in [5, 5.41) is 6.40. The average Bonchev–Trinajstić information content (AvgIpc) is 3.19. The minimum absolute atomic E-state index is 0.0794. The van der Waals surface area contributed by atoms with Gasteiger partial charge in [0.1, 0.15) is 0 Å². The lowest BCUT2D eigenvalue weighted by Crippen LogP contribution is -2.17. The molecule has 4 nitrogen and oxygen atoms in total. The van der Waals surface area contributed by atoms with Crippen molar-refractivity contribution in [2.45, 2.75) is 45.7 Å². The molecular formula is C22H29N3O. The van der Waals surface area contributed by atoms with Gasteiger partial charge >= 0.3 is 0 Å². The highest BCUT2D eigenvalue weighted by molar-refractivity contribution is 5.90. The van der Waals surface area contributed by atoms with Gasteiger partial charge in [-0.15, -0.1) is 0 Å². The molecule has 2 N–H and O–H groups in total.